The first kappa shape index (κ1) is 17.0. The van der Waals surface area contributed by atoms with Gasteiger partial charge in [0.05, 0.1) is 17.2 Å². The van der Waals surface area contributed by atoms with Crippen LogP contribution in [0.25, 0.3) is 0 Å². The number of benzene rings is 2. The molecule has 7 heteroatoms. The Bertz CT molecular complexity index is 848. The van der Waals surface area contributed by atoms with Gasteiger partial charge in [-0.15, -0.1) is 0 Å². The van der Waals surface area contributed by atoms with Crippen LogP contribution >= 0.6 is 39.7 Å². The molecule has 0 atom stereocenters. The average Bonchev–Trinajstić information content (AvgIpc) is 2.95. The number of nitrogens with one attached hydrogen (secondary N) is 2. The molecule has 3 rings (SSSR count). The van der Waals surface area contributed by atoms with Crippen molar-refractivity contribution in [3.8, 4) is 0 Å². The Balaban J connectivity index is 1.63. The zero-order valence-electron chi connectivity index (χ0n) is 12.5. The highest BCUT2D eigenvalue weighted by atomic mass is 79.9. The number of hydrogen-bond acceptors (Lipinski definition) is 2. The fourth-order valence-corrected chi connectivity index (χ4v) is 2.88. The van der Waals surface area contributed by atoms with Crippen LogP contribution in [-0.4, -0.2) is 14.9 Å². The maximum atomic E-state index is 5.88. The van der Waals surface area contributed by atoms with Gasteiger partial charge in [-0.3, -0.25) is 4.68 Å². The fraction of sp³-hybridized carbons (Fsp3) is 0.0588. The predicted molar refractivity (Wildman–Crippen MR) is 107 cm³/mol. The van der Waals surface area contributed by atoms with Gasteiger partial charge in [-0.25, -0.2) is 0 Å². The van der Waals surface area contributed by atoms with Crippen molar-refractivity contribution in [3.05, 3.63) is 76.0 Å². The van der Waals surface area contributed by atoms with Crippen molar-refractivity contribution in [3.63, 3.8) is 0 Å². The summed E-state index contributed by atoms with van der Waals surface area (Å²) in [4.78, 5) is 0. The fourth-order valence-electron chi connectivity index (χ4n) is 2.19. The summed E-state index contributed by atoms with van der Waals surface area (Å²) in [5.41, 5.74) is 2.93. The van der Waals surface area contributed by atoms with Crippen LogP contribution in [0.1, 0.15) is 5.56 Å². The summed E-state index contributed by atoms with van der Waals surface area (Å²) >= 11 is 14.6. The highest BCUT2D eigenvalue weighted by Crippen LogP contribution is 2.16. The molecule has 4 nitrogen and oxygen atoms in total. The van der Waals surface area contributed by atoms with Crippen molar-refractivity contribution in [2.24, 2.45) is 0 Å². The second-order valence-corrected chi connectivity index (χ2v) is 6.90. The van der Waals surface area contributed by atoms with E-state index in [9.17, 15) is 0 Å². The minimum absolute atomic E-state index is 0.524. The monoisotopic (exact) mass is 420 g/mol. The van der Waals surface area contributed by atoms with E-state index in [1.165, 1.54) is 0 Å². The van der Waals surface area contributed by atoms with Crippen molar-refractivity contribution >= 4 is 56.2 Å². The number of rotatable bonds is 4. The SMILES string of the molecule is S=C(Nc1ccc(Cl)cc1)Nc1cccc(Cn2cc(Br)cn2)c1. The number of halogens is 2. The van der Waals surface area contributed by atoms with Crippen LogP contribution in [0, 0.1) is 0 Å². The Morgan fingerprint density at radius 1 is 1.12 bits per heavy atom. The normalized spacial score (nSPS) is 10.4. The van der Waals surface area contributed by atoms with E-state index in [4.69, 9.17) is 23.8 Å². The van der Waals surface area contributed by atoms with Gasteiger partial charge >= 0.3 is 0 Å². The summed E-state index contributed by atoms with van der Waals surface area (Å²) in [6.07, 6.45) is 3.71. The summed E-state index contributed by atoms with van der Waals surface area (Å²) < 4.78 is 2.83. The van der Waals surface area contributed by atoms with E-state index < -0.39 is 0 Å². The third kappa shape index (κ3) is 4.80. The summed E-state index contributed by atoms with van der Waals surface area (Å²) in [6.45, 7) is 0.693. The minimum atomic E-state index is 0.524. The van der Waals surface area contributed by atoms with Gasteiger partial charge in [-0.05, 0) is 70.1 Å². The maximum absolute atomic E-state index is 5.88. The number of thiocarbonyl (C=S) groups is 1. The maximum Gasteiger partial charge on any atom is 0.175 e. The molecule has 1 aromatic heterocycles. The molecule has 0 bridgehead atoms. The smallest absolute Gasteiger partial charge is 0.175 e. The lowest BCUT2D eigenvalue weighted by molar-refractivity contribution is 0.687. The Kier molecular flexibility index (Phi) is 5.50. The topological polar surface area (TPSA) is 41.9 Å². The van der Waals surface area contributed by atoms with Gasteiger partial charge in [-0.2, -0.15) is 5.10 Å². The molecule has 0 saturated heterocycles. The van der Waals surface area contributed by atoms with Gasteiger partial charge in [0.1, 0.15) is 0 Å². The molecule has 0 amide bonds. The van der Waals surface area contributed by atoms with Crippen LogP contribution in [0.3, 0.4) is 0 Å². The molecule has 2 aromatic carbocycles. The van der Waals surface area contributed by atoms with Gasteiger partial charge in [-0.1, -0.05) is 23.7 Å². The van der Waals surface area contributed by atoms with E-state index in [0.717, 1.165) is 21.4 Å². The van der Waals surface area contributed by atoms with E-state index in [-0.39, 0.29) is 0 Å². The molecule has 3 aromatic rings. The first-order valence-corrected chi connectivity index (χ1v) is 8.77. The molecule has 2 N–H and O–H groups in total. The molecule has 0 aliphatic heterocycles. The zero-order chi connectivity index (χ0) is 16.9. The van der Waals surface area contributed by atoms with Crippen LogP contribution in [-0.2, 0) is 6.54 Å². The first-order valence-electron chi connectivity index (χ1n) is 7.19. The molecule has 0 aliphatic rings. The number of hydrogen-bond donors (Lipinski definition) is 2. The number of anilines is 2. The second kappa shape index (κ2) is 7.79. The van der Waals surface area contributed by atoms with Gasteiger partial charge in [0.2, 0.25) is 0 Å². The Morgan fingerprint density at radius 3 is 2.58 bits per heavy atom. The van der Waals surface area contributed by atoms with Crippen LogP contribution < -0.4 is 10.6 Å². The van der Waals surface area contributed by atoms with Gasteiger partial charge in [0.25, 0.3) is 0 Å². The second-order valence-electron chi connectivity index (χ2n) is 5.14. The van der Waals surface area contributed by atoms with Crippen molar-refractivity contribution in [2.75, 3.05) is 10.6 Å². The summed E-state index contributed by atoms with van der Waals surface area (Å²) in [5, 5.41) is 11.8. The van der Waals surface area contributed by atoms with Crippen molar-refractivity contribution < 1.29 is 0 Å². The van der Waals surface area contributed by atoms with Gasteiger partial charge in [0, 0.05) is 22.6 Å². The Hall–Kier alpha value is -1.89. The van der Waals surface area contributed by atoms with E-state index in [0.29, 0.717) is 16.7 Å². The lowest BCUT2D eigenvalue weighted by Crippen LogP contribution is -2.19. The molecule has 0 aliphatic carbocycles. The molecule has 0 fully saturated rings. The summed E-state index contributed by atoms with van der Waals surface area (Å²) in [6, 6.07) is 15.4. The molecular formula is C17H14BrClN4S. The third-order valence-electron chi connectivity index (χ3n) is 3.23. The molecule has 1 heterocycles. The molecule has 0 radical (unpaired) electrons. The van der Waals surface area contributed by atoms with Crippen LogP contribution in [0.5, 0.6) is 0 Å². The largest absolute Gasteiger partial charge is 0.332 e. The highest BCUT2D eigenvalue weighted by Gasteiger charge is 2.02. The third-order valence-corrected chi connectivity index (χ3v) is 4.10. The van der Waals surface area contributed by atoms with E-state index in [1.807, 2.05) is 53.3 Å². The number of nitrogens with zero attached hydrogens (tertiary/aromatic N) is 2. The summed E-state index contributed by atoms with van der Waals surface area (Å²) in [5.74, 6) is 0. The predicted octanol–water partition coefficient (Wildman–Crippen LogP) is 5.16. The molecule has 0 unspecified atom stereocenters. The van der Waals surface area contributed by atoms with Crippen molar-refractivity contribution in [2.45, 2.75) is 6.54 Å². The highest BCUT2D eigenvalue weighted by molar-refractivity contribution is 9.10. The van der Waals surface area contributed by atoms with Crippen LogP contribution in [0.15, 0.2) is 65.4 Å². The minimum Gasteiger partial charge on any atom is -0.332 e. The van der Waals surface area contributed by atoms with Crippen LogP contribution in [0.4, 0.5) is 11.4 Å². The average molecular weight is 422 g/mol. The first-order chi connectivity index (χ1) is 11.6. The van der Waals surface area contributed by atoms with Gasteiger partial charge < -0.3 is 10.6 Å². The van der Waals surface area contributed by atoms with Gasteiger partial charge in [0.15, 0.2) is 5.11 Å². The lowest BCUT2D eigenvalue weighted by Gasteiger charge is -2.12. The quantitative estimate of drug-likeness (QED) is 0.571. The standard InChI is InChI=1S/C17H14BrClN4S/c18-13-9-20-23(11-13)10-12-2-1-3-16(8-12)22-17(24)21-15-6-4-14(19)5-7-15/h1-9,11H,10H2,(H2,21,22,24). The summed E-state index contributed by atoms with van der Waals surface area (Å²) in [7, 11) is 0. The molecule has 122 valence electrons. The molecule has 24 heavy (non-hydrogen) atoms. The Morgan fingerprint density at radius 2 is 1.88 bits per heavy atom. The molecule has 0 spiro atoms. The van der Waals surface area contributed by atoms with E-state index in [1.54, 1.807) is 6.20 Å². The lowest BCUT2D eigenvalue weighted by atomic mass is 10.2. The van der Waals surface area contributed by atoms with Crippen molar-refractivity contribution in [1.29, 1.82) is 0 Å². The van der Waals surface area contributed by atoms with Crippen LogP contribution in [0.2, 0.25) is 5.02 Å². The Labute approximate surface area is 159 Å². The zero-order valence-corrected chi connectivity index (χ0v) is 15.7. The van der Waals surface area contributed by atoms with E-state index >= 15 is 0 Å². The molecule has 0 saturated carbocycles. The van der Waals surface area contributed by atoms with E-state index in [2.05, 4.69) is 37.7 Å². The van der Waals surface area contributed by atoms with Crippen molar-refractivity contribution in [1.82, 2.24) is 9.78 Å². The molecular weight excluding hydrogens is 408 g/mol. The number of aromatic nitrogens is 2.